The summed E-state index contributed by atoms with van der Waals surface area (Å²) in [6.45, 7) is 0. The van der Waals surface area contributed by atoms with E-state index in [1.807, 2.05) is 0 Å². The standard InChI is InChI=1S/C5H6ClN3O/c6-4-2-1-3(10-4)5(7)9-8/h1-2H,8H2,(H2,7,9). The molecular formula is C5H6ClN3O. The molecule has 5 heteroatoms. The van der Waals surface area contributed by atoms with Crippen LogP contribution in [-0.2, 0) is 0 Å². The fourth-order valence-corrected chi connectivity index (χ4v) is 0.662. The number of furan rings is 1. The van der Waals surface area contributed by atoms with Crippen molar-refractivity contribution in [2.24, 2.45) is 16.7 Å². The molecule has 54 valence electrons. The number of hydrogen-bond donors (Lipinski definition) is 2. The van der Waals surface area contributed by atoms with Gasteiger partial charge in [-0.2, -0.15) is 5.10 Å². The van der Waals surface area contributed by atoms with E-state index in [9.17, 15) is 0 Å². The molecule has 0 amide bonds. The van der Waals surface area contributed by atoms with Gasteiger partial charge in [-0.15, -0.1) is 0 Å². The molecule has 0 saturated heterocycles. The Hall–Kier alpha value is -1.16. The van der Waals surface area contributed by atoms with Gasteiger partial charge in [0.1, 0.15) is 0 Å². The maximum Gasteiger partial charge on any atom is 0.194 e. The topological polar surface area (TPSA) is 77.5 Å². The molecule has 1 rings (SSSR count). The minimum absolute atomic E-state index is 0.131. The molecule has 10 heavy (non-hydrogen) atoms. The Labute approximate surface area is 62.4 Å². The van der Waals surface area contributed by atoms with Crippen molar-refractivity contribution in [1.29, 1.82) is 0 Å². The van der Waals surface area contributed by atoms with Crippen molar-refractivity contribution in [3.63, 3.8) is 0 Å². The molecule has 0 bridgehead atoms. The molecule has 0 aliphatic rings. The molecule has 0 unspecified atom stereocenters. The van der Waals surface area contributed by atoms with Gasteiger partial charge < -0.3 is 16.0 Å². The minimum atomic E-state index is 0.131. The van der Waals surface area contributed by atoms with E-state index in [-0.39, 0.29) is 11.1 Å². The zero-order valence-corrected chi connectivity index (χ0v) is 5.80. The molecule has 0 radical (unpaired) electrons. The Morgan fingerprint density at radius 1 is 1.60 bits per heavy atom. The van der Waals surface area contributed by atoms with Gasteiger partial charge in [-0.25, -0.2) is 0 Å². The average Bonchev–Trinajstić information content (AvgIpc) is 2.34. The molecule has 0 atom stereocenters. The summed E-state index contributed by atoms with van der Waals surface area (Å²) in [5, 5.41) is 3.48. The fraction of sp³-hybridized carbons (Fsp3) is 0. The largest absolute Gasteiger partial charge is 0.441 e. The Kier molecular flexibility index (Phi) is 1.82. The number of rotatable bonds is 1. The lowest BCUT2D eigenvalue weighted by Crippen LogP contribution is -2.14. The van der Waals surface area contributed by atoms with E-state index in [1.165, 1.54) is 0 Å². The van der Waals surface area contributed by atoms with E-state index in [0.29, 0.717) is 5.76 Å². The number of amidine groups is 1. The minimum Gasteiger partial charge on any atom is -0.441 e. The van der Waals surface area contributed by atoms with Gasteiger partial charge in [0, 0.05) is 0 Å². The summed E-state index contributed by atoms with van der Waals surface area (Å²) < 4.78 is 4.87. The molecule has 0 spiro atoms. The van der Waals surface area contributed by atoms with Crippen LogP contribution < -0.4 is 11.6 Å². The Bertz CT molecular complexity index is 255. The highest BCUT2D eigenvalue weighted by atomic mass is 35.5. The summed E-state index contributed by atoms with van der Waals surface area (Å²) in [6, 6.07) is 3.16. The van der Waals surface area contributed by atoms with Gasteiger partial charge in [0.15, 0.2) is 16.8 Å². The number of hydrogen-bond acceptors (Lipinski definition) is 3. The lowest BCUT2D eigenvalue weighted by Gasteiger charge is -1.89. The normalized spacial score (nSPS) is 11.9. The van der Waals surface area contributed by atoms with Crippen LogP contribution in [0.1, 0.15) is 5.76 Å². The van der Waals surface area contributed by atoms with Crippen molar-refractivity contribution < 1.29 is 4.42 Å². The van der Waals surface area contributed by atoms with Gasteiger partial charge in [0.25, 0.3) is 0 Å². The van der Waals surface area contributed by atoms with E-state index in [1.54, 1.807) is 12.1 Å². The van der Waals surface area contributed by atoms with Crippen LogP contribution in [0.2, 0.25) is 5.22 Å². The highest BCUT2D eigenvalue weighted by molar-refractivity contribution is 6.29. The van der Waals surface area contributed by atoms with Crippen molar-refractivity contribution >= 4 is 17.4 Å². The number of nitrogens with zero attached hydrogens (tertiary/aromatic N) is 1. The van der Waals surface area contributed by atoms with Gasteiger partial charge in [-0.3, -0.25) is 0 Å². The molecule has 0 aromatic carbocycles. The van der Waals surface area contributed by atoms with E-state index < -0.39 is 0 Å². The smallest absolute Gasteiger partial charge is 0.194 e. The predicted molar refractivity (Wildman–Crippen MR) is 38.6 cm³/mol. The third-order valence-corrected chi connectivity index (χ3v) is 1.17. The predicted octanol–water partition coefficient (Wildman–Crippen LogP) is 0.512. The summed E-state index contributed by atoms with van der Waals surface area (Å²) >= 11 is 5.44. The molecule has 1 heterocycles. The maximum absolute atomic E-state index is 5.44. The summed E-state index contributed by atoms with van der Waals surface area (Å²) in [7, 11) is 0. The summed E-state index contributed by atoms with van der Waals surface area (Å²) in [5.41, 5.74) is 5.28. The maximum atomic E-state index is 5.44. The van der Waals surface area contributed by atoms with Crippen molar-refractivity contribution in [1.82, 2.24) is 0 Å². The lowest BCUT2D eigenvalue weighted by atomic mass is 10.4. The van der Waals surface area contributed by atoms with E-state index in [4.69, 9.17) is 27.6 Å². The van der Waals surface area contributed by atoms with Crippen LogP contribution in [0.5, 0.6) is 0 Å². The first kappa shape index (κ1) is 6.95. The highest BCUT2D eigenvalue weighted by Crippen LogP contribution is 2.11. The molecule has 0 fully saturated rings. The van der Waals surface area contributed by atoms with Crippen LogP contribution in [0.4, 0.5) is 0 Å². The zero-order valence-electron chi connectivity index (χ0n) is 5.04. The average molecular weight is 160 g/mol. The third kappa shape index (κ3) is 1.22. The first-order valence-electron chi connectivity index (χ1n) is 2.53. The molecule has 4 N–H and O–H groups in total. The second kappa shape index (κ2) is 2.62. The number of halogens is 1. The summed E-state index contributed by atoms with van der Waals surface area (Å²) in [5.74, 6) is 5.39. The van der Waals surface area contributed by atoms with Gasteiger partial charge in [-0.05, 0) is 23.7 Å². The molecule has 1 aromatic rings. The summed E-state index contributed by atoms with van der Waals surface area (Å²) in [4.78, 5) is 0. The highest BCUT2D eigenvalue weighted by Gasteiger charge is 2.02. The molecule has 1 aromatic heterocycles. The van der Waals surface area contributed by atoms with Crippen molar-refractivity contribution in [2.45, 2.75) is 0 Å². The molecule has 4 nitrogen and oxygen atoms in total. The van der Waals surface area contributed by atoms with Crippen LogP contribution in [0, 0.1) is 0 Å². The zero-order chi connectivity index (χ0) is 7.56. The first-order chi connectivity index (χ1) is 4.74. The second-order valence-corrected chi connectivity index (χ2v) is 1.99. The van der Waals surface area contributed by atoms with Gasteiger partial charge >= 0.3 is 0 Å². The van der Waals surface area contributed by atoms with Crippen LogP contribution in [-0.4, -0.2) is 5.84 Å². The Morgan fingerprint density at radius 3 is 2.70 bits per heavy atom. The second-order valence-electron chi connectivity index (χ2n) is 1.62. The van der Waals surface area contributed by atoms with E-state index >= 15 is 0 Å². The van der Waals surface area contributed by atoms with E-state index in [0.717, 1.165) is 0 Å². The monoisotopic (exact) mass is 159 g/mol. The molecule has 0 saturated carbocycles. The van der Waals surface area contributed by atoms with Crippen LogP contribution in [0.3, 0.4) is 0 Å². The SMILES string of the molecule is N/N=C(/N)c1ccc(Cl)o1. The molecular weight excluding hydrogens is 154 g/mol. The van der Waals surface area contributed by atoms with Gasteiger partial charge in [0.05, 0.1) is 0 Å². The van der Waals surface area contributed by atoms with Crippen molar-refractivity contribution in [2.75, 3.05) is 0 Å². The number of hydrazone groups is 1. The Morgan fingerprint density at radius 2 is 2.30 bits per heavy atom. The third-order valence-electron chi connectivity index (χ3n) is 0.965. The molecule has 0 aliphatic carbocycles. The van der Waals surface area contributed by atoms with Crippen molar-refractivity contribution in [3.8, 4) is 0 Å². The number of nitrogens with two attached hydrogens (primary N) is 2. The van der Waals surface area contributed by atoms with Crippen LogP contribution in [0.25, 0.3) is 0 Å². The van der Waals surface area contributed by atoms with E-state index in [2.05, 4.69) is 5.10 Å². The van der Waals surface area contributed by atoms with Crippen molar-refractivity contribution in [3.05, 3.63) is 23.1 Å². The Balaban J connectivity index is 2.95. The van der Waals surface area contributed by atoms with Gasteiger partial charge in [0.2, 0.25) is 0 Å². The fourth-order valence-electron chi connectivity index (χ4n) is 0.516. The molecule has 0 aliphatic heterocycles. The quantitative estimate of drug-likeness (QED) is 0.271. The van der Waals surface area contributed by atoms with Crippen LogP contribution >= 0.6 is 11.6 Å². The first-order valence-corrected chi connectivity index (χ1v) is 2.91. The summed E-state index contributed by atoms with van der Waals surface area (Å²) in [6.07, 6.45) is 0. The van der Waals surface area contributed by atoms with Crippen LogP contribution in [0.15, 0.2) is 21.7 Å². The van der Waals surface area contributed by atoms with Gasteiger partial charge in [-0.1, -0.05) is 0 Å². The lowest BCUT2D eigenvalue weighted by molar-refractivity contribution is 0.558.